The molecule has 0 spiro atoms. The van der Waals surface area contributed by atoms with E-state index in [1.807, 2.05) is 0 Å². The lowest BCUT2D eigenvalue weighted by Crippen LogP contribution is -2.26. The molecule has 0 saturated carbocycles. The molecule has 0 radical (unpaired) electrons. The lowest BCUT2D eigenvalue weighted by molar-refractivity contribution is -0.223. The number of hydrogen-bond acceptors (Lipinski definition) is 2. The van der Waals surface area contributed by atoms with Crippen LogP contribution in [0.4, 0.5) is 13.2 Å². The van der Waals surface area contributed by atoms with E-state index in [0.717, 1.165) is 0 Å². The highest BCUT2D eigenvalue weighted by Crippen LogP contribution is 2.45. The van der Waals surface area contributed by atoms with Gasteiger partial charge in [0.2, 0.25) is 6.10 Å². The van der Waals surface area contributed by atoms with Crippen LogP contribution in [0.15, 0.2) is 36.4 Å². The Hall–Kier alpha value is -1.75. The maximum atomic E-state index is 13.2. The van der Waals surface area contributed by atoms with Crippen molar-refractivity contribution < 1.29 is 22.7 Å². The molecule has 112 valence electrons. The molecule has 0 aromatic rings. The molecule has 2 aliphatic rings. The predicted molar refractivity (Wildman–Crippen MR) is 73.3 cm³/mol. The Morgan fingerprint density at radius 3 is 2.43 bits per heavy atom. The second kappa shape index (κ2) is 5.93. The number of fused-ring (bicyclic) bond motifs is 1. The van der Waals surface area contributed by atoms with Gasteiger partial charge in [-0.25, -0.2) is 0 Å². The van der Waals surface area contributed by atoms with E-state index in [2.05, 4.69) is 4.74 Å². The third-order valence-electron chi connectivity index (χ3n) is 3.01. The molecule has 2 aliphatic carbocycles. The topological polar surface area (TPSA) is 26.3 Å². The van der Waals surface area contributed by atoms with E-state index in [0.29, 0.717) is 11.1 Å². The van der Waals surface area contributed by atoms with Crippen molar-refractivity contribution in [3.63, 3.8) is 0 Å². The van der Waals surface area contributed by atoms with Crippen LogP contribution in [0.3, 0.4) is 0 Å². The Morgan fingerprint density at radius 1 is 1.24 bits per heavy atom. The normalized spacial score (nSPS) is 13.2. The zero-order chi connectivity index (χ0) is 15.6. The first kappa shape index (κ1) is 15.6. The fraction of sp³-hybridized carbons (Fsp3) is 0.267. The summed E-state index contributed by atoms with van der Waals surface area (Å²) in [6, 6.07) is 9.31. The summed E-state index contributed by atoms with van der Waals surface area (Å²) in [6.45, 7) is 1.44. The van der Waals surface area contributed by atoms with Gasteiger partial charge in [0.15, 0.2) is 0 Å². The summed E-state index contributed by atoms with van der Waals surface area (Å²) in [5.74, 6) is -0.914. The van der Waals surface area contributed by atoms with Crippen LogP contribution >= 0.6 is 11.6 Å². The van der Waals surface area contributed by atoms with Gasteiger partial charge in [-0.15, -0.1) is 0 Å². The Kier molecular flexibility index (Phi) is 4.42. The van der Waals surface area contributed by atoms with Crippen molar-refractivity contribution in [2.75, 3.05) is 0 Å². The van der Waals surface area contributed by atoms with Crippen LogP contribution in [-0.2, 0) is 9.53 Å². The second-order valence-electron chi connectivity index (χ2n) is 4.45. The number of esters is 1. The molecule has 0 bridgehead atoms. The summed E-state index contributed by atoms with van der Waals surface area (Å²) < 4.78 is 44.2. The Bertz CT molecular complexity index is 625. The highest BCUT2D eigenvalue weighted by molar-refractivity contribution is 6.34. The molecule has 0 amide bonds. The van der Waals surface area contributed by atoms with E-state index in [1.165, 1.54) is 19.1 Å². The monoisotopic (exact) mass is 316 g/mol. The van der Waals surface area contributed by atoms with Crippen molar-refractivity contribution in [2.45, 2.75) is 25.6 Å². The van der Waals surface area contributed by atoms with Gasteiger partial charge in [0.1, 0.15) is 0 Å². The van der Waals surface area contributed by atoms with E-state index in [9.17, 15) is 18.0 Å². The number of hydrogen-bond donors (Lipinski definition) is 0. The first-order chi connectivity index (χ1) is 9.84. The maximum absolute atomic E-state index is 13.2. The molecule has 2 rings (SSSR count). The molecule has 1 atom stereocenters. The molecule has 0 aliphatic heterocycles. The zero-order valence-electron chi connectivity index (χ0n) is 11.1. The third-order valence-corrected chi connectivity index (χ3v) is 3.32. The molecule has 6 heteroatoms. The number of rotatable bonds is 3. The van der Waals surface area contributed by atoms with Gasteiger partial charge in [-0.2, -0.15) is 13.2 Å². The van der Waals surface area contributed by atoms with Crippen molar-refractivity contribution in [3.8, 4) is 11.1 Å². The standard InChI is InChI=1S/C15H12ClF3O2/c1-2-13(20)21-14(15(17,18)19)11-8-12(16)10-7-5-3-4-6-9(10)11/h3-8,14H,2H2,1H3/t14-/m0/s1. The first-order valence-corrected chi connectivity index (χ1v) is 6.65. The van der Waals surface area contributed by atoms with E-state index >= 15 is 0 Å². The number of alkyl halides is 3. The van der Waals surface area contributed by atoms with Gasteiger partial charge in [-0.1, -0.05) is 48.9 Å². The van der Waals surface area contributed by atoms with Crippen molar-refractivity contribution in [2.24, 2.45) is 0 Å². The zero-order valence-corrected chi connectivity index (χ0v) is 11.8. The van der Waals surface area contributed by atoms with Crippen LogP contribution in [0, 0.1) is 0 Å². The molecule has 0 aromatic heterocycles. The highest BCUT2D eigenvalue weighted by atomic mass is 35.5. The first-order valence-electron chi connectivity index (χ1n) is 6.28. The minimum atomic E-state index is -4.70. The number of halogens is 4. The number of carbonyl (C=O) groups is 1. The van der Waals surface area contributed by atoms with E-state index in [4.69, 9.17) is 11.6 Å². The molecule has 21 heavy (non-hydrogen) atoms. The summed E-state index contributed by atoms with van der Waals surface area (Å²) in [6.07, 6.45) is -7.15. The molecular formula is C15H12ClF3O2. The minimum absolute atomic E-state index is 0.132. The smallest absolute Gasteiger partial charge is 0.429 e. The van der Waals surface area contributed by atoms with Gasteiger partial charge >= 0.3 is 12.1 Å². The predicted octanol–water partition coefficient (Wildman–Crippen LogP) is 5.00. The molecule has 0 saturated heterocycles. The summed E-state index contributed by atoms with van der Waals surface area (Å²) in [7, 11) is 0. The average molecular weight is 317 g/mol. The average Bonchev–Trinajstić information content (AvgIpc) is 2.61. The number of ether oxygens (including phenoxy) is 1. The molecular weight excluding hydrogens is 305 g/mol. The summed E-state index contributed by atoms with van der Waals surface area (Å²) in [5, 5.41) is 0.193. The van der Waals surface area contributed by atoms with Crippen molar-refractivity contribution in [1.29, 1.82) is 0 Å². The van der Waals surface area contributed by atoms with Gasteiger partial charge in [-0.3, -0.25) is 4.79 Å². The summed E-state index contributed by atoms with van der Waals surface area (Å²) in [4.78, 5) is 11.3. The van der Waals surface area contributed by atoms with Crippen molar-refractivity contribution >= 4 is 17.6 Å². The van der Waals surface area contributed by atoms with Gasteiger partial charge < -0.3 is 4.74 Å². The molecule has 0 aromatic carbocycles. The van der Waals surface area contributed by atoms with Gasteiger partial charge in [0.25, 0.3) is 0 Å². The molecule has 0 unspecified atom stereocenters. The SMILES string of the molecule is CCC(=O)O[C@@H](c1cc(Cl)c2cccccc1-2)C(F)(F)F. The third kappa shape index (κ3) is 3.29. The van der Waals surface area contributed by atoms with E-state index < -0.39 is 18.2 Å². The molecule has 0 N–H and O–H groups in total. The molecule has 2 nitrogen and oxygen atoms in total. The molecule has 0 heterocycles. The van der Waals surface area contributed by atoms with Gasteiger partial charge in [-0.05, 0) is 11.6 Å². The lowest BCUT2D eigenvalue weighted by atomic mass is 10.0. The Balaban J connectivity index is 2.54. The Morgan fingerprint density at radius 2 is 1.86 bits per heavy atom. The lowest BCUT2D eigenvalue weighted by Gasteiger charge is -2.21. The van der Waals surface area contributed by atoms with Crippen LogP contribution in [-0.4, -0.2) is 12.1 Å². The summed E-state index contributed by atoms with van der Waals surface area (Å²) in [5.41, 5.74) is 0.648. The van der Waals surface area contributed by atoms with Crippen LogP contribution in [0.5, 0.6) is 0 Å². The summed E-state index contributed by atoms with van der Waals surface area (Å²) >= 11 is 5.99. The molecule has 0 fully saturated rings. The van der Waals surface area contributed by atoms with Crippen molar-refractivity contribution in [1.82, 2.24) is 0 Å². The van der Waals surface area contributed by atoms with Gasteiger partial charge in [0, 0.05) is 22.6 Å². The van der Waals surface area contributed by atoms with Gasteiger partial charge in [0.05, 0.1) is 0 Å². The Labute approximate surface area is 124 Å². The van der Waals surface area contributed by atoms with E-state index in [1.54, 1.807) is 24.3 Å². The number of carbonyl (C=O) groups excluding carboxylic acids is 1. The van der Waals surface area contributed by atoms with Crippen LogP contribution in [0.2, 0.25) is 5.02 Å². The minimum Gasteiger partial charge on any atom is -0.448 e. The largest absolute Gasteiger partial charge is 0.448 e. The maximum Gasteiger partial charge on any atom is 0.429 e. The fourth-order valence-corrected chi connectivity index (χ4v) is 2.32. The van der Waals surface area contributed by atoms with Crippen LogP contribution in [0.25, 0.3) is 11.1 Å². The van der Waals surface area contributed by atoms with Crippen LogP contribution in [0.1, 0.15) is 25.0 Å². The quantitative estimate of drug-likeness (QED) is 0.745. The fourth-order valence-electron chi connectivity index (χ4n) is 2.04. The van der Waals surface area contributed by atoms with E-state index in [-0.39, 0.29) is 17.0 Å². The highest BCUT2D eigenvalue weighted by Gasteiger charge is 2.45. The van der Waals surface area contributed by atoms with Crippen LogP contribution < -0.4 is 0 Å². The van der Waals surface area contributed by atoms with Crippen molar-refractivity contribution in [3.05, 3.63) is 47.0 Å². The second-order valence-corrected chi connectivity index (χ2v) is 4.86.